The summed E-state index contributed by atoms with van der Waals surface area (Å²) in [5.41, 5.74) is 1.06. The predicted molar refractivity (Wildman–Crippen MR) is 118 cm³/mol. The molecular weight excluding hydrogens is 422 g/mol. The molecule has 1 N–H and O–H groups in total. The number of nitrogens with one attached hydrogen (secondary N) is 1. The van der Waals surface area contributed by atoms with Crippen molar-refractivity contribution in [3.63, 3.8) is 0 Å². The molecule has 4 amide bonds. The van der Waals surface area contributed by atoms with Crippen LogP contribution in [0.3, 0.4) is 0 Å². The number of benzene rings is 2. The van der Waals surface area contributed by atoms with Gasteiger partial charge >= 0.3 is 6.03 Å². The highest BCUT2D eigenvalue weighted by molar-refractivity contribution is 7.09. The Morgan fingerprint density at radius 2 is 1.73 bits per heavy atom. The van der Waals surface area contributed by atoms with E-state index in [4.69, 9.17) is 11.6 Å². The second-order valence-corrected chi connectivity index (χ2v) is 8.24. The van der Waals surface area contributed by atoms with Crippen LogP contribution in [0, 0.1) is 0 Å². The Morgan fingerprint density at radius 3 is 2.40 bits per heavy atom. The van der Waals surface area contributed by atoms with Crippen LogP contribution >= 0.6 is 22.9 Å². The fourth-order valence-corrected chi connectivity index (χ4v) is 4.15. The lowest BCUT2D eigenvalue weighted by Crippen LogP contribution is -2.37. The van der Waals surface area contributed by atoms with Crippen molar-refractivity contribution < 1.29 is 14.4 Å². The summed E-state index contributed by atoms with van der Waals surface area (Å²) in [4.78, 5) is 42.5. The van der Waals surface area contributed by atoms with Gasteiger partial charge in [0.25, 0.3) is 5.91 Å². The molecule has 152 valence electrons. The summed E-state index contributed by atoms with van der Waals surface area (Å²) in [5, 5.41) is 5.20. The standard InChI is InChI=1S/C22H18ClN3O3S/c23-15-8-10-17(11-9-15)26-21(28)19(13-20(27)24-16-5-2-1-3-6-16)25(22(26)29)14-18-7-4-12-30-18/h1-12,19H,13-14H2,(H,24,27)/t19-/m0/s1. The molecular formula is C22H18ClN3O3S. The second kappa shape index (κ2) is 8.69. The maximum absolute atomic E-state index is 13.2. The Bertz CT molecular complexity index is 1060. The molecule has 2 heterocycles. The summed E-state index contributed by atoms with van der Waals surface area (Å²) in [6.45, 7) is 0.260. The van der Waals surface area contributed by atoms with Gasteiger partial charge in [0, 0.05) is 15.6 Å². The van der Waals surface area contributed by atoms with Gasteiger partial charge in [0.05, 0.1) is 18.7 Å². The number of imide groups is 1. The van der Waals surface area contributed by atoms with Gasteiger partial charge in [-0.15, -0.1) is 11.3 Å². The van der Waals surface area contributed by atoms with Crippen LogP contribution in [0.15, 0.2) is 72.1 Å². The molecule has 30 heavy (non-hydrogen) atoms. The van der Waals surface area contributed by atoms with Gasteiger partial charge in [0.1, 0.15) is 6.04 Å². The van der Waals surface area contributed by atoms with Gasteiger partial charge in [-0.2, -0.15) is 0 Å². The fraction of sp³-hybridized carbons (Fsp3) is 0.136. The lowest BCUT2D eigenvalue weighted by molar-refractivity contribution is -0.124. The summed E-state index contributed by atoms with van der Waals surface area (Å²) in [7, 11) is 0. The number of nitrogens with zero attached hydrogens (tertiary/aromatic N) is 2. The maximum Gasteiger partial charge on any atom is 0.332 e. The Kier molecular flexibility index (Phi) is 5.83. The van der Waals surface area contributed by atoms with Crippen LogP contribution in [0.2, 0.25) is 5.02 Å². The number of para-hydroxylation sites is 1. The van der Waals surface area contributed by atoms with Gasteiger partial charge in [-0.3, -0.25) is 9.59 Å². The zero-order chi connectivity index (χ0) is 21.1. The average Bonchev–Trinajstić information content (AvgIpc) is 3.33. The molecule has 1 atom stereocenters. The van der Waals surface area contributed by atoms with Gasteiger partial charge in [0.2, 0.25) is 5.91 Å². The van der Waals surface area contributed by atoms with Crippen LogP contribution in [0.25, 0.3) is 0 Å². The van der Waals surface area contributed by atoms with E-state index < -0.39 is 18.0 Å². The van der Waals surface area contributed by atoms with Crippen molar-refractivity contribution in [1.29, 1.82) is 0 Å². The molecule has 0 aliphatic carbocycles. The third kappa shape index (κ3) is 4.22. The molecule has 0 saturated carbocycles. The number of hydrogen-bond donors (Lipinski definition) is 1. The van der Waals surface area contributed by atoms with Crippen molar-refractivity contribution in [2.75, 3.05) is 10.2 Å². The van der Waals surface area contributed by atoms with E-state index in [1.807, 2.05) is 35.7 Å². The zero-order valence-electron chi connectivity index (χ0n) is 15.8. The molecule has 0 spiro atoms. The molecule has 1 aromatic heterocycles. The van der Waals surface area contributed by atoms with Gasteiger partial charge in [-0.05, 0) is 47.8 Å². The highest BCUT2D eigenvalue weighted by atomic mass is 35.5. The highest BCUT2D eigenvalue weighted by Crippen LogP contribution is 2.30. The minimum atomic E-state index is -0.890. The van der Waals surface area contributed by atoms with E-state index in [2.05, 4.69) is 5.32 Å². The molecule has 0 bridgehead atoms. The van der Waals surface area contributed by atoms with Gasteiger partial charge < -0.3 is 10.2 Å². The number of carbonyl (C=O) groups excluding carboxylic acids is 3. The first-order chi connectivity index (χ1) is 14.5. The lowest BCUT2D eigenvalue weighted by atomic mass is 10.1. The summed E-state index contributed by atoms with van der Waals surface area (Å²) in [6.07, 6.45) is -0.130. The van der Waals surface area contributed by atoms with Crippen molar-refractivity contribution in [3.05, 3.63) is 82.0 Å². The monoisotopic (exact) mass is 439 g/mol. The number of halogens is 1. The number of urea groups is 1. The number of anilines is 2. The van der Waals surface area contributed by atoms with Gasteiger partial charge in [-0.1, -0.05) is 35.9 Å². The van der Waals surface area contributed by atoms with Crippen molar-refractivity contribution in [1.82, 2.24) is 4.90 Å². The Labute approximate surface area is 182 Å². The minimum absolute atomic E-state index is 0.130. The van der Waals surface area contributed by atoms with Crippen LogP contribution in [0.5, 0.6) is 0 Å². The molecule has 0 radical (unpaired) electrons. The van der Waals surface area contributed by atoms with Crippen LogP contribution in [-0.4, -0.2) is 28.8 Å². The van der Waals surface area contributed by atoms with Gasteiger partial charge in [0.15, 0.2) is 0 Å². The maximum atomic E-state index is 13.2. The molecule has 8 heteroatoms. The number of rotatable bonds is 6. The summed E-state index contributed by atoms with van der Waals surface area (Å²) < 4.78 is 0. The summed E-state index contributed by atoms with van der Waals surface area (Å²) >= 11 is 7.43. The first-order valence-electron chi connectivity index (χ1n) is 9.30. The Morgan fingerprint density at radius 1 is 1.00 bits per heavy atom. The third-order valence-electron chi connectivity index (χ3n) is 4.75. The van der Waals surface area contributed by atoms with Crippen molar-refractivity contribution in [3.8, 4) is 0 Å². The smallest absolute Gasteiger partial charge is 0.326 e. The number of amides is 4. The molecule has 0 unspecified atom stereocenters. The highest BCUT2D eigenvalue weighted by Gasteiger charge is 2.46. The van der Waals surface area contributed by atoms with Crippen molar-refractivity contribution in [2.45, 2.75) is 19.0 Å². The number of carbonyl (C=O) groups is 3. The first kappa shape index (κ1) is 20.1. The average molecular weight is 440 g/mol. The van der Waals surface area contributed by atoms with E-state index in [-0.39, 0.29) is 18.9 Å². The topological polar surface area (TPSA) is 69.7 Å². The van der Waals surface area contributed by atoms with E-state index in [0.29, 0.717) is 16.4 Å². The van der Waals surface area contributed by atoms with Crippen LogP contribution in [0.4, 0.5) is 16.2 Å². The molecule has 2 aromatic carbocycles. The SMILES string of the molecule is O=C(C[C@H]1C(=O)N(c2ccc(Cl)cc2)C(=O)N1Cc1cccs1)Nc1ccccc1. The van der Waals surface area contributed by atoms with Crippen molar-refractivity contribution >= 4 is 52.2 Å². The van der Waals surface area contributed by atoms with Gasteiger partial charge in [-0.25, -0.2) is 9.69 Å². The largest absolute Gasteiger partial charge is 0.332 e. The Hall–Kier alpha value is -3.16. The molecule has 3 aromatic rings. The lowest BCUT2D eigenvalue weighted by Gasteiger charge is -2.21. The third-order valence-corrected chi connectivity index (χ3v) is 5.86. The van der Waals surface area contributed by atoms with E-state index in [9.17, 15) is 14.4 Å². The summed E-state index contributed by atoms with van der Waals surface area (Å²) in [6, 6.07) is 17.9. The molecule has 1 fully saturated rings. The number of thiophene rings is 1. The van der Waals surface area contributed by atoms with E-state index in [0.717, 1.165) is 9.78 Å². The fourth-order valence-electron chi connectivity index (χ4n) is 3.32. The normalized spacial score (nSPS) is 16.2. The van der Waals surface area contributed by atoms with E-state index >= 15 is 0 Å². The van der Waals surface area contributed by atoms with E-state index in [1.54, 1.807) is 36.4 Å². The quantitative estimate of drug-likeness (QED) is 0.562. The minimum Gasteiger partial charge on any atom is -0.326 e. The predicted octanol–water partition coefficient (Wildman–Crippen LogP) is 4.77. The van der Waals surface area contributed by atoms with E-state index in [1.165, 1.54) is 16.2 Å². The Balaban J connectivity index is 1.59. The number of hydrogen-bond acceptors (Lipinski definition) is 4. The molecule has 1 aliphatic heterocycles. The molecule has 1 aliphatic rings. The van der Waals surface area contributed by atoms with Crippen molar-refractivity contribution in [2.24, 2.45) is 0 Å². The summed E-state index contributed by atoms with van der Waals surface area (Å²) in [5.74, 6) is -0.761. The zero-order valence-corrected chi connectivity index (χ0v) is 17.4. The first-order valence-corrected chi connectivity index (χ1v) is 10.6. The molecule has 1 saturated heterocycles. The van der Waals surface area contributed by atoms with Crippen LogP contribution in [-0.2, 0) is 16.1 Å². The molecule has 4 rings (SSSR count). The molecule has 6 nitrogen and oxygen atoms in total. The van der Waals surface area contributed by atoms with Crippen LogP contribution in [0.1, 0.15) is 11.3 Å². The second-order valence-electron chi connectivity index (χ2n) is 6.77. The van der Waals surface area contributed by atoms with Crippen LogP contribution < -0.4 is 10.2 Å².